The summed E-state index contributed by atoms with van der Waals surface area (Å²) in [5.74, 6) is -0.423. The molecular formula is C26H36N4O2. The normalized spacial score (nSPS) is 13.6. The number of likely N-dealkylation sites (N-methyl/N-ethyl adjacent to an activating group) is 1. The molecule has 6 nitrogen and oxygen atoms in total. The van der Waals surface area contributed by atoms with E-state index in [9.17, 15) is 9.59 Å². The number of hydrogen-bond acceptors (Lipinski definition) is 4. The molecule has 0 fully saturated rings. The van der Waals surface area contributed by atoms with E-state index in [1.165, 1.54) is 0 Å². The Kier molecular flexibility index (Phi) is 12.1. The Labute approximate surface area is 192 Å². The van der Waals surface area contributed by atoms with Crippen LogP contribution < -0.4 is 16.0 Å². The summed E-state index contributed by atoms with van der Waals surface area (Å²) in [6, 6.07) is 10.1. The average molecular weight is 437 g/mol. The lowest BCUT2D eigenvalue weighted by molar-refractivity contribution is -0.117. The molecule has 4 N–H and O–H groups in total. The first-order valence-corrected chi connectivity index (χ1v) is 10.9. The third kappa shape index (κ3) is 9.16. The fourth-order valence-corrected chi connectivity index (χ4v) is 3.06. The SMILES string of the molecule is CC/C=C(/C=C(\C=C(/C)C(=O)NC)C(=O)NCCC(=N)/C=C\NC)C(C)c1ccccc1. The number of hydrogen-bond donors (Lipinski definition) is 4. The maximum absolute atomic E-state index is 13.0. The van der Waals surface area contributed by atoms with Gasteiger partial charge in [0, 0.05) is 49.8 Å². The number of amides is 2. The predicted octanol–water partition coefficient (Wildman–Crippen LogP) is 4.00. The molecule has 6 heteroatoms. The van der Waals surface area contributed by atoms with Crippen molar-refractivity contribution in [3.63, 3.8) is 0 Å². The van der Waals surface area contributed by atoms with Crippen molar-refractivity contribution in [1.82, 2.24) is 16.0 Å². The maximum atomic E-state index is 13.0. The van der Waals surface area contributed by atoms with E-state index in [2.05, 4.69) is 48.0 Å². The number of carbonyl (C=O) groups is 2. The Morgan fingerprint density at radius 3 is 2.38 bits per heavy atom. The molecule has 1 atom stereocenters. The fourth-order valence-electron chi connectivity index (χ4n) is 3.06. The van der Waals surface area contributed by atoms with Gasteiger partial charge in [-0.2, -0.15) is 0 Å². The molecule has 0 spiro atoms. The van der Waals surface area contributed by atoms with Crippen molar-refractivity contribution in [2.24, 2.45) is 0 Å². The van der Waals surface area contributed by atoms with Crippen LogP contribution in [-0.4, -0.2) is 38.2 Å². The van der Waals surface area contributed by atoms with Crippen LogP contribution in [0.2, 0.25) is 0 Å². The van der Waals surface area contributed by atoms with Gasteiger partial charge in [-0.1, -0.05) is 50.3 Å². The zero-order valence-electron chi connectivity index (χ0n) is 19.8. The second-order valence-corrected chi connectivity index (χ2v) is 7.40. The summed E-state index contributed by atoms with van der Waals surface area (Å²) in [6.07, 6.45) is 10.1. The Hall–Kier alpha value is -3.41. The first kappa shape index (κ1) is 26.6. The van der Waals surface area contributed by atoms with Crippen molar-refractivity contribution in [3.8, 4) is 0 Å². The molecule has 172 valence electrons. The van der Waals surface area contributed by atoms with Crippen LogP contribution in [0.5, 0.6) is 0 Å². The molecule has 1 rings (SSSR count). The van der Waals surface area contributed by atoms with E-state index in [0.29, 0.717) is 29.8 Å². The quantitative estimate of drug-likeness (QED) is 0.227. The van der Waals surface area contributed by atoms with Gasteiger partial charge < -0.3 is 21.4 Å². The van der Waals surface area contributed by atoms with Gasteiger partial charge in [-0.05, 0) is 48.9 Å². The topological polar surface area (TPSA) is 94.1 Å². The van der Waals surface area contributed by atoms with E-state index in [1.54, 1.807) is 39.4 Å². The molecule has 0 aromatic heterocycles. The zero-order valence-corrected chi connectivity index (χ0v) is 19.8. The smallest absolute Gasteiger partial charge is 0.251 e. The molecule has 0 saturated heterocycles. The van der Waals surface area contributed by atoms with Gasteiger partial charge in [0.1, 0.15) is 0 Å². The number of allylic oxidation sites excluding steroid dienone is 4. The summed E-state index contributed by atoms with van der Waals surface area (Å²) in [5.41, 5.74) is 3.42. The number of benzene rings is 1. The van der Waals surface area contributed by atoms with Gasteiger partial charge in [0.25, 0.3) is 5.91 Å². The molecule has 32 heavy (non-hydrogen) atoms. The highest BCUT2D eigenvalue weighted by atomic mass is 16.2. The number of carbonyl (C=O) groups excluding carboxylic acids is 2. The summed E-state index contributed by atoms with van der Waals surface area (Å²) < 4.78 is 0. The van der Waals surface area contributed by atoms with E-state index < -0.39 is 0 Å². The highest BCUT2D eigenvalue weighted by molar-refractivity contribution is 6.01. The molecule has 1 unspecified atom stereocenters. The molecule has 0 radical (unpaired) electrons. The van der Waals surface area contributed by atoms with Gasteiger partial charge in [0.15, 0.2) is 0 Å². The van der Waals surface area contributed by atoms with E-state index >= 15 is 0 Å². The van der Waals surface area contributed by atoms with Crippen molar-refractivity contribution in [2.45, 2.75) is 39.5 Å². The second-order valence-electron chi connectivity index (χ2n) is 7.40. The highest BCUT2D eigenvalue weighted by Gasteiger charge is 2.14. The lowest BCUT2D eigenvalue weighted by atomic mass is 9.90. The zero-order chi connectivity index (χ0) is 23.9. The van der Waals surface area contributed by atoms with Crippen LogP contribution in [0.4, 0.5) is 0 Å². The summed E-state index contributed by atoms with van der Waals surface area (Å²) in [5, 5.41) is 16.2. The van der Waals surface area contributed by atoms with Crippen LogP contribution in [0.25, 0.3) is 0 Å². The minimum Gasteiger partial charge on any atom is -0.394 e. The fraction of sp³-hybridized carbons (Fsp3) is 0.346. The maximum Gasteiger partial charge on any atom is 0.251 e. The first-order valence-electron chi connectivity index (χ1n) is 10.9. The molecule has 0 heterocycles. The van der Waals surface area contributed by atoms with Crippen LogP contribution in [0.3, 0.4) is 0 Å². The Bertz CT molecular complexity index is 896. The Morgan fingerprint density at radius 2 is 1.78 bits per heavy atom. The van der Waals surface area contributed by atoms with Crippen LogP contribution in [0.15, 0.2) is 77.6 Å². The van der Waals surface area contributed by atoms with Crippen molar-refractivity contribution in [2.75, 3.05) is 20.6 Å². The molecule has 0 saturated carbocycles. The van der Waals surface area contributed by atoms with Gasteiger partial charge in [-0.15, -0.1) is 0 Å². The highest BCUT2D eigenvalue weighted by Crippen LogP contribution is 2.26. The van der Waals surface area contributed by atoms with Crippen molar-refractivity contribution >= 4 is 17.5 Å². The van der Waals surface area contributed by atoms with Crippen LogP contribution in [-0.2, 0) is 9.59 Å². The Morgan fingerprint density at radius 1 is 1.09 bits per heavy atom. The van der Waals surface area contributed by atoms with Crippen molar-refractivity contribution in [1.29, 1.82) is 5.41 Å². The lowest BCUT2D eigenvalue weighted by Crippen LogP contribution is -2.27. The van der Waals surface area contributed by atoms with Crippen LogP contribution in [0, 0.1) is 5.41 Å². The molecule has 1 aromatic carbocycles. The van der Waals surface area contributed by atoms with Gasteiger partial charge >= 0.3 is 0 Å². The Balaban J connectivity index is 3.20. The van der Waals surface area contributed by atoms with Crippen molar-refractivity contribution in [3.05, 3.63) is 83.1 Å². The van der Waals surface area contributed by atoms with E-state index in [1.807, 2.05) is 24.3 Å². The van der Waals surface area contributed by atoms with Gasteiger partial charge in [0.2, 0.25) is 5.91 Å². The first-order chi connectivity index (χ1) is 15.3. The average Bonchev–Trinajstić information content (AvgIpc) is 2.81. The largest absolute Gasteiger partial charge is 0.394 e. The predicted molar refractivity (Wildman–Crippen MR) is 133 cm³/mol. The van der Waals surface area contributed by atoms with Crippen LogP contribution >= 0.6 is 0 Å². The third-order valence-corrected chi connectivity index (χ3v) is 4.91. The van der Waals surface area contributed by atoms with E-state index in [-0.39, 0.29) is 17.7 Å². The molecule has 2 amide bonds. The van der Waals surface area contributed by atoms with Crippen LogP contribution in [0.1, 0.15) is 45.1 Å². The standard InChI is InChI=1S/C26H36N4O2/c1-6-10-22(20(3)21-11-8-7-9-12-21)18-23(17-19(2)25(31)29-5)26(32)30-16-14-24(27)13-15-28-4/h7-13,15,17-18,20,27-28H,6,14,16H2,1-5H3,(H,29,31)(H,30,32)/b15-13-,19-17+,22-10-,23-18+,27-24?. The summed E-state index contributed by atoms with van der Waals surface area (Å²) >= 11 is 0. The summed E-state index contributed by atoms with van der Waals surface area (Å²) in [6.45, 7) is 6.17. The van der Waals surface area contributed by atoms with Crippen molar-refractivity contribution < 1.29 is 9.59 Å². The van der Waals surface area contributed by atoms with E-state index in [4.69, 9.17) is 5.41 Å². The monoisotopic (exact) mass is 436 g/mol. The minimum atomic E-state index is -0.277. The van der Waals surface area contributed by atoms with Gasteiger partial charge in [-0.25, -0.2) is 0 Å². The molecule has 0 bridgehead atoms. The molecule has 0 aliphatic carbocycles. The van der Waals surface area contributed by atoms with E-state index in [0.717, 1.165) is 17.6 Å². The molecule has 0 aliphatic heterocycles. The molecular weight excluding hydrogens is 400 g/mol. The lowest BCUT2D eigenvalue weighted by Gasteiger charge is -2.15. The second kappa shape index (κ2) is 14.6. The summed E-state index contributed by atoms with van der Waals surface area (Å²) in [4.78, 5) is 25.0. The van der Waals surface area contributed by atoms with Gasteiger partial charge in [0.05, 0.1) is 0 Å². The number of nitrogens with one attached hydrogen (secondary N) is 4. The third-order valence-electron chi connectivity index (χ3n) is 4.91. The summed E-state index contributed by atoms with van der Waals surface area (Å²) in [7, 11) is 3.33. The molecule has 1 aromatic rings. The minimum absolute atomic E-state index is 0.0903. The molecule has 0 aliphatic rings. The van der Waals surface area contributed by atoms with Gasteiger partial charge in [-0.3, -0.25) is 9.59 Å². The number of rotatable bonds is 12.